The first-order chi connectivity index (χ1) is 11.4. The van der Waals surface area contributed by atoms with Crippen LogP contribution in [-0.2, 0) is 10.2 Å². The molecule has 5 rings (SSSR count). The predicted molar refractivity (Wildman–Crippen MR) is 94.6 cm³/mol. The van der Waals surface area contributed by atoms with Gasteiger partial charge in [0.25, 0.3) is 0 Å². The molecule has 4 aliphatic rings. The third kappa shape index (κ3) is 3.02. The molecule has 0 radical (unpaired) electrons. The fraction of sp³-hybridized carbons (Fsp3) is 0.900. The van der Waals surface area contributed by atoms with Gasteiger partial charge in [-0.05, 0) is 62.2 Å². The van der Waals surface area contributed by atoms with Crippen LogP contribution in [0, 0.1) is 23.7 Å². The van der Waals surface area contributed by atoms with Gasteiger partial charge in [0.2, 0.25) is 0 Å². The van der Waals surface area contributed by atoms with Gasteiger partial charge < -0.3 is 4.74 Å². The van der Waals surface area contributed by atoms with Gasteiger partial charge in [-0.3, -0.25) is 0 Å². The van der Waals surface area contributed by atoms with Crippen molar-refractivity contribution in [2.75, 3.05) is 0 Å². The number of nitrogens with zero attached hydrogens (tertiary/aromatic N) is 3. The smallest absolute Gasteiger partial charge is 0.152 e. The van der Waals surface area contributed by atoms with E-state index in [0.29, 0.717) is 6.10 Å². The van der Waals surface area contributed by atoms with E-state index in [1.807, 2.05) is 4.68 Å². The van der Waals surface area contributed by atoms with Crippen LogP contribution in [0.5, 0.6) is 0 Å². The molecule has 24 heavy (non-hydrogen) atoms. The topological polar surface area (TPSA) is 39.9 Å². The van der Waals surface area contributed by atoms with E-state index in [0.717, 1.165) is 42.2 Å². The van der Waals surface area contributed by atoms with E-state index in [1.54, 1.807) is 0 Å². The quantitative estimate of drug-likeness (QED) is 0.784. The summed E-state index contributed by atoms with van der Waals surface area (Å²) in [5.41, 5.74) is 1.09. The molecule has 1 heterocycles. The minimum Gasteiger partial charge on any atom is -0.353 e. The van der Waals surface area contributed by atoms with Crippen molar-refractivity contribution < 1.29 is 4.74 Å². The second kappa shape index (κ2) is 6.12. The Balaban J connectivity index is 1.51. The molecule has 1 aromatic rings. The van der Waals surface area contributed by atoms with Crippen LogP contribution in [0.4, 0.5) is 0 Å². The lowest BCUT2D eigenvalue weighted by Gasteiger charge is -2.54. The van der Waals surface area contributed by atoms with Crippen molar-refractivity contribution in [3.05, 3.63) is 11.9 Å². The average Bonchev–Trinajstić information content (AvgIpc) is 2.99. The first-order valence-corrected chi connectivity index (χ1v) is 10.0. The second-order valence-electron chi connectivity index (χ2n) is 9.61. The van der Waals surface area contributed by atoms with Crippen LogP contribution in [-0.4, -0.2) is 21.1 Å². The third-order valence-corrected chi connectivity index (χ3v) is 6.56. The molecule has 1 unspecified atom stereocenters. The summed E-state index contributed by atoms with van der Waals surface area (Å²) in [5, 5.41) is 8.83. The molecule has 0 spiro atoms. The highest BCUT2D eigenvalue weighted by atomic mass is 16.5. The first-order valence-electron chi connectivity index (χ1n) is 10.0. The van der Waals surface area contributed by atoms with E-state index in [9.17, 15) is 0 Å². The SMILES string of the molecule is CCCC(OC1C2CC3CC(C2)CC1C3)n1cc(C(C)(C)C)nn1. The maximum absolute atomic E-state index is 6.74. The molecule has 134 valence electrons. The molecule has 0 N–H and O–H groups in total. The van der Waals surface area contributed by atoms with Gasteiger partial charge in [0, 0.05) is 5.41 Å². The zero-order valence-corrected chi connectivity index (χ0v) is 15.7. The summed E-state index contributed by atoms with van der Waals surface area (Å²) in [6, 6.07) is 0. The number of hydrogen-bond donors (Lipinski definition) is 0. The monoisotopic (exact) mass is 331 g/mol. The molecule has 1 atom stereocenters. The molecule has 4 fully saturated rings. The maximum Gasteiger partial charge on any atom is 0.152 e. The van der Waals surface area contributed by atoms with Gasteiger partial charge in [-0.15, -0.1) is 5.10 Å². The Kier molecular flexibility index (Phi) is 4.22. The molecule has 1 aromatic heterocycles. The number of ether oxygens (including phenoxy) is 1. The Morgan fingerprint density at radius 2 is 1.75 bits per heavy atom. The van der Waals surface area contributed by atoms with Gasteiger partial charge >= 0.3 is 0 Å². The van der Waals surface area contributed by atoms with Crippen LogP contribution in [0.15, 0.2) is 6.20 Å². The van der Waals surface area contributed by atoms with Gasteiger partial charge in [-0.2, -0.15) is 0 Å². The van der Waals surface area contributed by atoms with Gasteiger partial charge in [0.15, 0.2) is 6.23 Å². The Morgan fingerprint density at radius 1 is 1.12 bits per heavy atom. The highest BCUT2D eigenvalue weighted by molar-refractivity contribution is 5.06. The summed E-state index contributed by atoms with van der Waals surface area (Å²) in [6.45, 7) is 8.80. The van der Waals surface area contributed by atoms with Gasteiger partial charge in [-0.25, -0.2) is 4.68 Å². The van der Waals surface area contributed by atoms with Crippen LogP contribution in [0.1, 0.15) is 84.6 Å². The van der Waals surface area contributed by atoms with Crippen LogP contribution >= 0.6 is 0 Å². The van der Waals surface area contributed by atoms with Crippen molar-refractivity contribution in [2.24, 2.45) is 23.7 Å². The molecule has 0 saturated heterocycles. The molecule has 4 nitrogen and oxygen atoms in total. The third-order valence-electron chi connectivity index (χ3n) is 6.56. The van der Waals surface area contributed by atoms with E-state index in [4.69, 9.17) is 4.74 Å². The normalized spacial score (nSPS) is 36.2. The van der Waals surface area contributed by atoms with E-state index < -0.39 is 0 Å². The molecular formula is C20H33N3O. The van der Waals surface area contributed by atoms with E-state index in [-0.39, 0.29) is 11.6 Å². The number of hydrogen-bond acceptors (Lipinski definition) is 3. The second-order valence-corrected chi connectivity index (χ2v) is 9.61. The molecule has 0 aliphatic heterocycles. The van der Waals surface area contributed by atoms with Gasteiger partial charge in [0.1, 0.15) is 0 Å². The minimum absolute atomic E-state index is 0.0393. The van der Waals surface area contributed by atoms with Crippen LogP contribution in [0.2, 0.25) is 0 Å². The van der Waals surface area contributed by atoms with Crippen LogP contribution < -0.4 is 0 Å². The fourth-order valence-electron chi connectivity index (χ4n) is 5.55. The van der Waals surface area contributed by atoms with Gasteiger partial charge in [0.05, 0.1) is 18.0 Å². The summed E-state index contributed by atoms with van der Waals surface area (Å²) >= 11 is 0. The summed E-state index contributed by atoms with van der Waals surface area (Å²) in [7, 11) is 0. The first kappa shape index (κ1) is 16.6. The lowest BCUT2D eigenvalue weighted by molar-refractivity contribution is -0.174. The molecule has 0 aromatic carbocycles. The number of rotatable bonds is 5. The minimum atomic E-state index is 0.0393. The Bertz CT molecular complexity index is 546. The van der Waals surface area contributed by atoms with E-state index >= 15 is 0 Å². The summed E-state index contributed by atoms with van der Waals surface area (Å²) in [5.74, 6) is 3.59. The van der Waals surface area contributed by atoms with Crippen LogP contribution in [0.25, 0.3) is 0 Å². The molecular weight excluding hydrogens is 298 g/mol. The van der Waals surface area contributed by atoms with Gasteiger partial charge in [-0.1, -0.05) is 39.3 Å². The lowest BCUT2D eigenvalue weighted by atomic mass is 9.55. The fourth-order valence-corrected chi connectivity index (χ4v) is 5.55. The van der Waals surface area contributed by atoms with E-state index in [1.165, 1.54) is 32.1 Å². The Hall–Kier alpha value is -0.900. The van der Waals surface area contributed by atoms with Crippen molar-refractivity contribution >= 4 is 0 Å². The summed E-state index contributed by atoms with van der Waals surface area (Å²) in [6.07, 6.45) is 11.9. The van der Waals surface area contributed by atoms with Crippen molar-refractivity contribution in [1.29, 1.82) is 0 Å². The highest BCUT2D eigenvalue weighted by Gasteiger charge is 2.49. The van der Waals surface area contributed by atoms with E-state index in [2.05, 4.69) is 44.2 Å². The zero-order valence-electron chi connectivity index (χ0n) is 15.7. The molecule has 4 bridgehead atoms. The Morgan fingerprint density at radius 3 is 2.25 bits per heavy atom. The predicted octanol–water partition coefficient (Wildman–Crippen LogP) is 4.72. The molecule has 0 amide bonds. The zero-order chi connectivity index (χ0) is 16.9. The van der Waals surface area contributed by atoms with Crippen LogP contribution in [0.3, 0.4) is 0 Å². The molecule has 4 heteroatoms. The Labute approximate surface area is 146 Å². The van der Waals surface area contributed by atoms with Crippen molar-refractivity contribution in [3.8, 4) is 0 Å². The largest absolute Gasteiger partial charge is 0.353 e. The average molecular weight is 332 g/mol. The van der Waals surface area contributed by atoms with Crippen molar-refractivity contribution in [3.63, 3.8) is 0 Å². The van der Waals surface area contributed by atoms with Crippen molar-refractivity contribution in [2.45, 2.75) is 90.4 Å². The highest BCUT2D eigenvalue weighted by Crippen LogP contribution is 2.55. The summed E-state index contributed by atoms with van der Waals surface area (Å²) < 4.78 is 8.74. The molecule has 4 saturated carbocycles. The lowest BCUT2D eigenvalue weighted by Crippen LogP contribution is -2.50. The van der Waals surface area contributed by atoms with Crippen molar-refractivity contribution in [1.82, 2.24) is 15.0 Å². The maximum atomic E-state index is 6.74. The summed E-state index contributed by atoms with van der Waals surface area (Å²) in [4.78, 5) is 0. The molecule has 4 aliphatic carbocycles. The standard InChI is InChI=1S/C20H33N3O/c1-5-6-18(23-12-17(21-22-23)20(2,3)4)24-19-15-8-13-7-14(10-15)11-16(19)9-13/h12-16,18-19H,5-11H2,1-4H3. The number of aromatic nitrogens is 3.